The van der Waals surface area contributed by atoms with Crippen LogP contribution in [-0.4, -0.2) is 11.4 Å². The summed E-state index contributed by atoms with van der Waals surface area (Å²) in [5.74, 6) is 0. The molecule has 0 saturated heterocycles. The van der Waals surface area contributed by atoms with E-state index in [1.165, 1.54) is 0 Å². The Hall–Kier alpha value is 1.05. The fourth-order valence-electron chi connectivity index (χ4n) is 3.94. The van der Waals surface area contributed by atoms with E-state index in [4.69, 9.17) is 104 Å². The molecule has 0 bridgehead atoms. The van der Waals surface area contributed by atoms with Gasteiger partial charge in [-0.1, -0.05) is 135 Å². The Kier molecular flexibility index (Phi) is 6.41. The maximum absolute atomic E-state index is 6.42. The molecular formula is C19H13Cl9. The van der Waals surface area contributed by atoms with E-state index in [0.29, 0.717) is 12.0 Å². The Balaban J connectivity index is 2.53. The monoisotopic (exact) mass is 556 g/mol. The van der Waals surface area contributed by atoms with Crippen LogP contribution >= 0.6 is 104 Å². The van der Waals surface area contributed by atoms with Crippen molar-refractivity contribution in [3.63, 3.8) is 0 Å². The van der Waals surface area contributed by atoms with Crippen LogP contribution in [0.15, 0.2) is 30.3 Å². The van der Waals surface area contributed by atoms with Gasteiger partial charge < -0.3 is 0 Å². The van der Waals surface area contributed by atoms with Gasteiger partial charge in [0.05, 0.1) is 0 Å². The number of hydrogen-bond donors (Lipinski definition) is 0. The van der Waals surface area contributed by atoms with Crippen molar-refractivity contribution >= 4 is 104 Å². The van der Waals surface area contributed by atoms with Crippen molar-refractivity contribution in [2.45, 2.75) is 37.1 Å². The summed E-state index contributed by atoms with van der Waals surface area (Å²) in [4.78, 5) is 0. The number of halogens is 9. The minimum Gasteiger partial charge on any atom is -0.0823 e. The summed E-state index contributed by atoms with van der Waals surface area (Å²) in [6.07, 6.45) is 0.534. The summed E-state index contributed by atoms with van der Waals surface area (Å²) < 4.78 is -6.78. The summed E-state index contributed by atoms with van der Waals surface area (Å²) in [5, 5.41) is 0. The van der Waals surface area contributed by atoms with E-state index in [2.05, 4.69) is 6.07 Å². The average molecular weight is 560 g/mol. The molecule has 0 atom stereocenters. The predicted octanol–water partition coefficient (Wildman–Crippen LogP) is 9.22. The van der Waals surface area contributed by atoms with Gasteiger partial charge in [0.15, 0.2) is 0 Å². The van der Waals surface area contributed by atoms with Crippen LogP contribution in [0, 0.1) is 13.8 Å². The molecular weight excluding hydrogens is 547 g/mol. The lowest BCUT2D eigenvalue weighted by Crippen LogP contribution is -2.60. The fourth-order valence-corrected chi connectivity index (χ4v) is 8.64. The molecule has 0 amide bonds. The van der Waals surface area contributed by atoms with Gasteiger partial charge in [0.25, 0.3) is 0 Å². The highest BCUT2D eigenvalue weighted by molar-refractivity contribution is 6.78. The quantitative estimate of drug-likeness (QED) is 0.261. The van der Waals surface area contributed by atoms with Crippen LogP contribution in [0.4, 0.5) is 0 Å². The zero-order valence-electron chi connectivity index (χ0n) is 14.5. The Bertz CT molecular complexity index is 894. The number of fused-ring (bicyclic) bond motifs is 3. The molecule has 0 heterocycles. The zero-order chi connectivity index (χ0) is 21.3. The molecule has 28 heavy (non-hydrogen) atoms. The molecule has 0 saturated carbocycles. The first-order valence-corrected chi connectivity index (χ1v) is 11.5. The van der Waals surface area contributed by atoms with Crippen LogP contribution in [0.2, 0.25) is 0 Å². The molecule has 1 aliphatic rings. The number of alkyl halides is 9. The number of aryl methyl sites for hydroxylation is 1. The van der Waals surface area contributed by atoms with Crippen molar-refractivity contribution in [3.05, 3.63) is 58.1 Å². The van der Waals surface area contributed by atoms with Crippen molar-refractivity contribution in [3.8, 4) is 11.1 Å². The van der Waals surface area contributed by atoms with Crippen LogP contribution in [-0.2, 0) is 11.8 Å². The molecule has 0 fully saturated rings. The fraction of sp³-hybridized carbons (Fsp3) is 0.368. The highest BCUT2D eigenvalue weighted by Gasteiger charge is 2.73. The molecule has 1 aliphatic carbocycles. The highest BCUT2D eigenvalue weighted by Crippen LogP contribution is 2.69. The summed E-state index contributed by atoms with van der Waals surface area (Å²) in [6.45, 7) is 3.76. The van der Waals surface area contributed by atoms with Gasteiger partial charge in [0, 0.05) is 0 Å². The molecule has 0 aliphatic heterocycles. The van der Waals surface area contributed by atoms with Gasteiger partial charge in [-0.3, -0.25) is 0 Å². The van der Waals surface area contributed by atoms with Gasteiger partial charge in [0.2, 0.25) is 11.4 Å². The lowest BCUT2D eigenvalue weighted by atomic mass is 9.76. The topological polar surface area (TPSA) is 0 Å². The van der Waals surface area contributed by atoms with Crippen LogP contribution in [0.5, 0.6) is 0 Å². The van der Waals surface area contributed by atoms with Gasteiger partial charge in [-0.05, 0) is 59.2 Å². The summed E-state index contributed by atoms with van der Waals surface area (Å²) in [5.41, 5.74) is 3.87. The maximum Gasteiger partial charge on any atom is 0.208 e. The molecule has 2 aromatic carbocycles. The lowest BCUT2D eigenvalue weighted by Gasteiger charge is -2.50. The van der Waals surface area contributed by atoms with Crippen LogP contribution in [0.25, 0.3) is 11.1 Å². The number of hydrogen-bond acceptors (Lipinski definition) is 0. The van der Waals surface area contributed by atoms with Gasteiger partial charge in [-0.25, -0.2) is 0 Å². The van der Waals surface area contributed by atoms with Crippen molar-refractivity contribution in [1.82, 2.24) is 0 Å². The second-order valence-electron chi connectivity index (χ2n) is 6.80. The minimum atomic E-state index is -2.26. The van der Waals surface area contributed by atoms with E-state index in [-0.39, 0.29) is 0 Å². The third kappa shape index (κ3) is 3.44. The first kappa shape index (κ1) is 23.7. The van der Waals surface area contributed by atoms with E-state index in [1.807, 2.05) is 38.1 Å². The first-order chi connectivity index (χ1) is 12.6. The second-order valence-corrected chi connectivity index (χ2v) is 13.6. The van der Waals surface area contributed by atoms with Crippen molar-refractivity contribution < 1.29 is 0 Å². The Morgan fingerprint density at radius 3 is 1.71 bits per heavy atom. The Morgan fingerprint density at radius 1 is 0.714 bits per heavy atom. The minimum absolute atomic E-state index is 0.429. The largest absolute Gasteiger partial charge is 0.208 e. The maximum atomic E-state index is 6.42. The molecule has 152 valence electrons. The summed E-state index contributed by atoms with van der Waals surface area (Å²) >= 11 is 57.8. The molecule has 0 aromatic heterocycles. The van der Waals surface area contributed by atoms with E-state index in [9.17, 15) is 0 Å². The normalized spacial score (nSPS) is 14.8. The second kappa shape index (κ2) is 7.58. The van der Waals surface area contributed by atoms with Crippen LogP contribution < -0.4 is 0 Å². The van der Waals surface area contributed by atoms with Crippen molar-refractivity contribution in [2.75, 3.05) is 0 Å². The smallest absolute Gasteiger partial charge is 0.0823 e. The van der Waals surface area contributed by atoms with Crippen LogP contribution in [0.1, 0.15) is 27.8 Å². The van der Waals surface area contributed by atoms with Crippen molar-refractivity contribution in [2.24, 2.45) is 0 Å². The van der Waals surface area contributed by atoms with Gasteiger partial charge in [0.1, 0.15) is 5.41 Å². The number of benzene rings is 2. The van der Waals surface area contributed by atoms with E-state index >= 15 is 0 Å². The Morgan fingerprint density at radius 2 is 1.21 bits per heavy atom. The molecule has 0 unspecified atom stereocenters. The molecule has 0 spiro atoms. The van der Waals surface area contributed by atoms with E-state index in [1.54, 1.807) is 0 Å². The molecule has 9 heteroatoms. The summed E-state index contributed by atoms with van der Waals surface area (Å²) in [7, 11) is 0. The lowest BCUT2D eigenvalue weighted by molar-refractivity contribution is 0.444. The molecule has 0 radical (unpaired) electrons. The SMILES string of the molecule is Cc1cc2c(c(C(C(Cl)(Cl)Cl)(C(Cl)(Cl)Cl)C(Cl)(Cl)Cl)c1C)Cc1ccccc1-2. The predicted molar refractivity (Wildman–Crippen MR) is 127 cm³/mol. The standard InChI is InChI=1S/C19H13Cl9/c1-9-7-13-12-6-4-3-5-11(12)8-14(13)15(10(9)2)16(17(20,21)22,18(23,24)25)19(26,27)28/h3-7H,8H2,1-2H3. The van der Waals surface area contributed by atoms with Crippen molar-refractivity contribution in [1.29, 1.82) is 0 Å². The molecule has 0 nitrogen and oxygen atoms in total. The van der Waals surface area contributed by atoms with E-state index < -0.39 is 16.8 Å². The third-order valence-corrected chi connectivity index (χ3v) is 7.83. The van der Waals surface area contributed by atoms with E-state index in [0.717, 1.165) is 33.4 Å². The third-order valence-electron chi connectivity index (χ3n) is 5.28. The average Bonchev–Trinajstić information content (AvgIpc) is 2.86. The highest BCUT2D eigenvalue weighted by atomic mass is 35.6. The zero-order valence-corrected chi connectivity index (χ0v) is 21.3. The molecule has 2 aromatic rings. The van der Waals surface area contributed by atoms with Crippen LogP contribution in [0.3, 0.4) is 0 Å². The van der Waals surface area contributed by atoms with Gasteiger partial charge >= 0.3 is 0 Å². The van der Waals surface area contributed by atoms with Gasteiger partial charge in [-0.2, -0.15) is 0 Å². The first-order valence-electron chi connectivity index (χ1n) is 8.06. The Labute approximate surface area is 209 Å². The molecule has 3 rings (SSSR count). The molecule has 0 N–H and O–H groups in total. The van der Waals surface area contributed by atoms with Gasteiger partial charge in [-0.15, -0.1) is 0 Å². The summed E-state index contributed by atoms with van der Waals surface area (Å²) in [6, 6.07) is 10.00. The number of rotatable bonds is 1.